The van der Waals surface area contributed by atoms with Crippen molar-refractivity contribution in [2.45, 2.75) is 6.92 Å². The molecule has 16 heavy (non-hydrogen) atoms. The number of nitrogens with two attached hydrogens (primary N) is 1. The van der Waals surface area contributed by atoms with E-state index in [2.05, 4.69) is 4.90 Å². The highest BCUT2D eigenvalue weighted by Gasteiger charge is 2.06. The molecule has 0 bridgehead atoms. The van der Waals surface area contributed by atoms with Gasteiger partial charge in [-0.2, -0.15) is 0 Å². The largest absolute Gasteiger partial charge is 0.497 e. The molecular formula is C12H20N2O2. The van der Waals surface area contributed by atoms with Crippen molar-refractivity contribution in [3.8, 4) is 5.75 Å². The van der Waals surface area contributed by atoms with E-state index in [9.17, 15) is 0 Å². The van der Waals surface area contributed by atoms with E-state index >= 15 is 0 Å². The van der Waals surface area contributed by atoms with Gasteiger partial charge in [0.25, 0.3) is 0 Å². The summed E-state index contributed by atoms with van der Waals surface area (Å²) >= 11 is 0. The molecule has 4 heteroatoms. The second-order valence-electron chi connectivity index (χ2n) is 3.54. The van der Waals surface area contributed by atoms with Crippen molar-refractivity contribution in [2.24, 2.45) is 0 Å². The molecular weight excluding hydrogens is 204 g/mol. The van der Waals surface area contributed by atoms with E-state index in [4.69, 9.17) is 15.2 Å². The van der Waals surface area contributed by atoms with Gasteiger partial charge >= 0.3 is 0 Å². The zero-order valence-corrected chi connectivity index (χ0v) is 10.2. The van der Waals surface area contributed by atoms with Crippen molar-refractivity contribution in [2.75, 3.05) is 44.5 Å². The normalized spacial score (nSPS) is 10.2. The Balaban J connectivity index is 2.69. The number of ether oxygens (including phenoxy) is 2. The third-order valence-corrected chi connectivity index (χ3v) is 2.42. The highest BCUT2D eigenvalue weighted by atomic mass is 16.5. The molecule has 4 nitrogen and oxygen atoms in total. The molecule has 0 fully saturated rings. The lowest BCUT2D eigenvalue weighted by atomic mass is 10.2. The highest BCUT2D eigenvalue weighted by Crippen LogP contribution is 2.26. The van der Waals surface area contributed by atoms with Gasteiger partial charge in [-0.1, -0.05) is 0 Å². The Morgan fingerprint density at radius 1 is 1.38 bits per heavy atom. The lowest BCUT2D eigenvalue weighted by Gasteiger charge is -2.21. The van der Waals surface area contributed by atoms with E-state index in [-0.39, 0.29) is 0 Å². The van der Waals surface area contributed by atoms with E-state index in [1.807, 2.05) is 32.2 Å². The minimum absolute atomic E-state index is 0.698. The number of likely N-dealkylation sites (N-methyl/N-ethyl adjacent to an activating group) is 1. The molecule has 90 valence electrons. The van der Waals surface area contributed by atoms with E-state index in [0.717, 1.165) is 30.3 Å². The first-order valence-electron chi connectivity index (χ1n) is 5.41. The van der Waals surface area contributed by atoms with Gasteiger partial charge in [0.1, 0.15) is 5.75 Å². The van der Waals surface area contributed by atoms with Crippen LogP contribution >= 0.6 is 0 Å². The van der Waals surface area contributed by atoms with Crippen molar-refractivity contribution in [1.82, 2.24) is 0 Å². The molecule has 0 amide bonds. The van der Waals surface area contributed by atoms with Crippen LogP contribution in [-0.2, 0) is 4.74 Å². The summed E-state index contributed by atoms with van der Waals surface area (Å²) in [4.78, 5) is 2.06. The van der Waals surface area contributed by atoms with Crippen LogP contribution in [0.5, 0.6) is 5.75 Å². The summed E-state index contributed by atoms with van der Waals surface area (Å²) in [6.07, 6.45) is 0. The summed E-state index contributed by atoms with van der Waals surface area (Å²) in [5, 5.41) is 0. The number of hydrogen-bond donors (Lipinski definition) is 1. The van der Waals surface area contributed by atoms with Gasteiger partial charge in [0, 0.05) is 26.3 Å². The van der Waals surface area contributed by atoms with Crippen LogP contribution in [0.3, 0.4) is 0 Å². The minimum Gasteiger partial charge on any atom is -0.497 e. The Morgan fingerprint density at radius 3 is 2.75 bits per heavy atom. The molecule has 0 unspecified atom stereocenters. The molecule has 0 saturated carbocycles. The monoisotopic (exact) mass is 224 g/mol. The lowest BCUT2D eigenvalue weighted by Crippen LogP contribution is -2.23. The molecule has 1 aromatic carbocycles. The molecule has 0 spiro atoms. The lowest BCUT2D eigenvalue weighted by molar-refractivity contribution is 0.154. The topological polar surface area (TPSA) is 47.7 Å². The van der Waals surface area contributed by atoms with E-state index < -0.39 is 0 Å². The maximum Gasteiger partial charge on any atom is 0.121 e. The van der Waals surface area contributed by atoms with Crippen LogP contribution in [0.25, 0.3) is 0 Å². The van der Waals surface area contributed by atoms with Gasteiger partial charge in [-0.05, 0) is 19.1 Å². The molecule has 0 atom stereocenters. The predicted molar refractivity (Wildman–Crippen MR) is 67.2 cm³/mol. The smallest absolute Gasteiger partial charge is 0.121 e. The van der Waals surface area contributed by atoms with Crippen molar-refractivity contribution in [3.05, 3.63) is 18.2 Å². The predicted octanol–water partition coefficient (Wildman–Crippen LogP) is 1.75. The van der Waals surface area contributed by atoms with Crippen molar-refractivity contribution >= 4 is 11.4 Å². The second kappa shape index (κ2) is 6.23. The van der Waals surface area contributed by atoms with E-state index in [1.54, 1.807) is 7.11 Å². The zero-order chi connectivity index (χ0) is 12.0. The van der Waals surface area contributed by atoms with Gasteiger partial charge < -0.3 is 20.1 Å². The summed E-state index contributed by atoms with van der Waals surface area (Å²) < 4.78 is 10.5. The molecule has 0 aliphatic heterocycles. The summed E-state index contributed by atoms with van der Waals surface area (Å²) in [7, 11) is 3.64. The fourth-order valence-electron chi connectivity index (χ4n) is 1.45. The molecule has 0 aliphatic carbocycles. The number of rotatable bonds is 6. The first kappa shape index (κ1) is 12.6. The first-order valence-corrected chi connectivity index (χ1v) is 5.41. The molecule has 1 rings (SSSR count). The number of benzene rings is 1. The third kappa shape index (κ3) is 3.31. The van der Waals surface area contributed by atoms with Gasteiger partial charge in [-0.3, -0.25) is 0 Å². The fraction of sp³-hybridized carbons (Fsp3) is 0.500. The average molecular weight is 224 g/mol. The Hall–Kier alpha value is -1.42. The van der Waals surface area contributed by atoms with E-state index in [0.29, 0.717) is 6.61 Å². The Labute approximate surface area is 96.9 Å². The summed E-state index contributed by atoms with van der Waals surface area (Å²) in [6, 6.07) is 5.64. The van der Waals surface area contributed by atoms with Gasteiger partial charge in [0.2, 0.25) is 0 Å². The SMILES string of the molecule is CCOCCN(C)c1cc(OC)ccc1N. The van der Waals surface area contributed by atoms with Gasteiger partial charge in [0.15, 0.2) is 0 Å². The van der Waals surface area contributed by atoms with Crippen molar-refractivity contribution < 1.29 is 9.47 Å². The number of hydrogen-bond acceptors (Lipinski definition) is 4. The maximum atomic E-state index is 5.91. The standard InChI is InChI=1S/C12H20N2O2/c1-4-16-8-7-14(2)12-9-10(15-3)5-6-11(12)13/h5-6,9H,4,7-8,13H2,1-3H3. The van der Waals surface area contributed by atoms with Crippen LogP contribution in [0.2, 0.25) is 0 Å². The van der Waals surface area contributed by atoms with Crippen LogP contribution in [0, 0.1) is 0 Å². The Morgan fingerprint density at radius 2 is 2.12 bits per heavy atom. The number of methoxy groups -OCH3 is 1. The summed E-state index contributed by atoms with van der Waals surface area (Å²) in [5.41, 5.74) is 7.63. The number of nitrogens with zero attached hydrogens (tertiary/aromatic N) is 1. The minimum atomic E-state index is 0.698. The highest BCUT2D eigenvalue weighted by molar-refractivity contribution is 5.69. The molecule has 2 N–H and O–H groups in total. The number of anilines is 2. The van der Waals surface area contributed by atoms with Gasteiger partial charge in [0.05, 0.1) is 25.1 Å². The van der Waals surface area contributed by atoms with E-state index in [1.165, 1.54) is 0 Å². The van der Waals surface area contributed by atoms with Crippen LogP contribution in [0.15, 0.2) is 18.2 Å². The molecule has 0 heterocycles. The molecule has 0 aliphatic rings. The maximum absolute atomic E-state index is 5.91. The van der Waals surface area contributed by atoms with Crippen LogP contribution in [0.1, 0.15) is 6.92 Å². The zero-order valence-electron chi connectivity index (χ0n) is 10.2. The second-order valence-corrected chi connectivity index (χ2v) is 3.54. The van der Waals surface area contributed by atoms with Gasteiger partial charge in [-0.15, -0.1) is 0 Å². The summed E-state index contributed by atoms with van der Waals surface area (Å²) in [6.45, 7) is 4.23. The average Bonchev–Trinajstić information content (AvgIpc) is 2.30. The third-order valence-electron chi connectivity index (χ3n) is 2.42. The first-order chi connectivity index (χ1) is 7.69. The molecule has 1 aromatic rings. The summed E-state index contributed by atoms with van der Waals surface area (Å²) in [5.74, 6) is 0.812. The van der Waals surface area contributed by atoms with Gasteiger partial charge in [-0.25, -0.2) is 0 Å². The van der Waals surface area contributed by atoms with Crippen LogP contribution in [-0.4, -0.2) is 33.9 Å². The van der Waals surface area contributed by atoms with Crippen LogP contribution in [0.4, 0.5) is 11.4 Å². The molecule has 0 radical (unpaired) electrons. The Bertz CT molecular complexity index is 329. The fourth-order valence-corrected chi connectivity index (χ4v) is 1.45. The number of nitrogen functional groups attached to an aromatic ring is 1. The molecule has 0 aromatic heterocycles. The van der Waals surface area contributed by atoms with Crippen molar-refractivity contribution in [3.63, 3.8) is 0 Å². The Kier molecular flexibility index (Phi) is 4.92. The molecule has 0 saturated heterocycles. The quantitative estimate of drug-likeness (QED) is 0.590. The van der Waals surface area contributed by atoms with Crippen molar-refractivity contribution in [1.29, 1.82) is 0 Å². The van der Waals surface area contributed by atoms with Crippen LogP contribution < -0.4 is 15.4 Å².